The van der Waals surface area contributed by atoms with Gasteiger partial charge >= 0.3 is 0 Å². The molecule has 120 valence electrons. The lowest BCUT2D eigenvalue weighted by Crippen LogP contribution is -2.31. The number of primary amides is 1. The van der Waals surface area contributed by atoms with Gasteiger partial charge in [-0.2, -0.15) is 0 Å². The number of hydrogen-bond acceptors (Lipinski definition) is 3. The van der Waals surface area contributed by atoms with Crippen LogP contribution < -0.4 is 5.73 Å². The van der Waals surface area contributed by atoms with E-state index in [9.17, 15) is 4.79 Å². The molecule has 0 aliphatic carbocycles. The molecule has 0 saturated carbocycles. The summed E-state index contributed by atoms with van der Waals surface area (Å²) in [6.07, 6.45) is 3.77. The molecule has 2 saturated heterocycles. The summed E-state index contributed by atoms with van der Waals surface area (Å²) in [4.78, 5) is 16.3. The average Bonchev–Trinajstić information content (AvgIpc) is 3.13. The van der Waals surface area contributed by atoms with Crippen LogP contribution in [0.3, 0.4) is 0 Å². The molecule has 4 nitrogen and oxygen atoms in total. The van der Waals surface area contributed by atoms with Crippen molar-refractivity contribution in [2.75, 3.05) is 39.3 Å². The predicted octanol–water partition coefficient (Wildman–Crippen LogP) is 1.75. The summed E-state index contributed by atoms with van der Waals surface area (Å²) in [5.41, 5.74) is 7.71. The van der Waals surface area contributed by atoms with Gasteiger partial charge in [0.25, 0.3) is 0 Å². The molecule has 2 fully saturated rings. The summed E-state index contributed by atoms with van der Waals surface area (Å²) in [6, 6.07) is 7.72. The van der Waals surface area contributed by atoms with E-state index < -0.39 is 0 Å². The summed E-state index contributed by atoms with van der Waals surface area (Å²) < 4.78 is 0. The molecule has 22 heavy (non-hydrogen) atoms. The number of likely N-dealkylation sites (tertiary alicyclic amines) is 2. The third kappa shape index (κ3) is 3.33. The zero-order chi connectivity index (χ0) is 15.6. The van der Waals surface area contributed by atoms with Crippen molar-refractivity contribution in [3.8, 4) is 0 Å². The van der Waals surface area contributed by atoms with Crippen LogP contribution in [-0.4, -0.2) is 55.0 Å². The molecule has 2 aliphatic heterocycles. The lowest BCUT2D eigenvalue weighted by Gasteiger charge is -2.24. The highest BCUT2D eigenvalue weighted by Crippen LogP contribution is 2.39. The quantitative estimate of drug-likeness (QED) is 0.901. The van der Waals surface area contributed by atoms with Crippen LogP contribution in [0, 0.1) is 5.41 Å². The Balaban J connectivity index is 1.50. The summed E-state index contributed by atoms with van der Waals surface area (Å²) in [5, 5.41) is 0. The van der Waals surface area contributed by atoms with Crippen molar-refractivity contribution in [1.82, 2.24) is 9.80 Å². The van der Waals surface area contributed by atoms with Crippen LogP contribution in [0.1, 0.15) is 35.7 Å². The second-order valence-electron chi connectivity index (χ2n) is 6.96. The van der Waals surface area contributed by atoms with Crippen molar-refractivity contribution < 1.29 is 4.79 Å². The van der Waals surface area contributed by atoms with Gasteiger partial charge in [0.1, 0.15) is 0 Å². The zero-order valence-corrected chi connectivity index (χ0v) is 13.6. The normalized spacial score (nSPS) is 26.0. The summed E-state index contributed by atoms with van der Waals surface area (Å²) in [7, 11) is 0. The van der Waals surface area contributed by atoms with Crippen LogP contribution in [0.4, 0.5) is 0 Å². The molecule has 3 rings (SSSR count). The molecule has 2 N–H and O–H groups in total. The van der Waals surface area contributed by atoms with E-state index in [0.717, 1.165) is 13.0 Å². The lowest BCUT2D eigenvalue weighted by molar-refractivity contribution is 0.100. The maximum Gasteiger partial charge on any atom is 0.248 e. The zero-order valence-electron chi connectivity index (χ0n) is 13.6. The fraction of sp³-hybridized carbons (Fsp3) is 0.611. The number of amides is 1. The smallest absolute Gasteiger partial charge is 0.248 e. The second kappa shape index (κ2) is 6.39. The Morgan fingerprint density at radius 1 is 1.14 bits per heavy atom. The minimum atomic E-state index is -0.352. The molecule has 1 spiro atoms. The van der Waals surface area contributed by atoms with Gasteiger partial charge in [0.2, 0.25) is 5.91 Å². The van der Waals surface area contributed by atoms with Gasteiger partial charge in [-0.3, -0.25) is 4.79 Å². The third-order valence-corrected chi connectivity index (χ3v) is 5.44. The van der Waals surface area contributed by atoms with Crippen LogP contribution in [0.2, 0.25) is 0 Å². The Morgan fingerprint density at radius 2 is 1.77 bits per heavy atom. The van der Waals surface area contributed by atoms with Gasteiger partial charge in [-0.1, -0.05) is 19.1 Å². The van der Waals surface area contributed by atoms with Gasteiger partial charge < -0.3 is 15.5 Å². The Kier molecular flexibility index (Phi) is 4.50. The Bertz CT molecular complexity index is 528. The van der Waals surface area contributed by atoms with E-state index in [1.165, 1.54) is 51.1 Å². The Hall–Kier alpha value is -1.39. The Labute approximate surface area is 133 Å². The number of carbonyl (C=O) groups excluding carboxylic acids is 1. The first-order valence-electron chi connectivity index (χ1n) is 8.44. The van der Waals surface area contributed by atoms with Crippen molar-refractivity contribution in [3.63, 3.8) is 0 Å². The molecule has 1 aromatic carbocycles. The fourth-order valence-corrected chi connectivity index (χ4v) is 3.97. The number of benzene rings is 1. The molecular formula is C18H27N3O. The molecular weight excluding hydrogens is 274 g/mol. The van der Waals surface area contributed by atoms with Crippen molar-refractivity contribution >= 4 is 5.91 Å². The van der Waals surface area contributed by atoms with Gasteiger partial charge in [0.15, 0.2) is 0 Å². The number of nitrogens with two attached hydrogens (primary N) is 1. The molecule has 1 amide bonds. The topological polar surface area (TPSA) is 49.6 Å². The first-order valence-corrected chi connectivity index (χ1v) is 8.44. The van der Waals surface area contributed by atoms with Crippen molar-refractivity contribution in [2.24, 2.45) is 11.1 Å². The Morgan fingerprint density at radius 3 is 2.36 bits per heavy atom. The predicted molar refractivity (Wildman–Crippen MR) is 88.9 cm³/mol. The highest BCUT2D eigenvalue weighted by Gasteiger charge is 2.42. The molecule has 0 radical (unpaired) electrons. The van der Waals surface area contributed by atoms with Gasteiger partial charge in [-0.05, 0) is 62.0 Å². The third-order valence-electron chi connectivity index (χ3n) is 5.44. The van der Waals surface area contributed by atoms with Crippen LogP contribution in [0.15, 0.2) is 24.3 Å². The van der Waals surface area contributed by atoms with Gasteiger partial charge in [0.05, 0.1) is 0 Å². The van der Waals surface area contributed by atoms with Crippen LogP contribution in [-0.2, 0) is 6.42 Å². The molecule has 0 aromatic heterocycles. The minimum absolute atomic E-state index is 0.352. The van der Waals surface area contributed by atoms with Crippen molar-refractivity contribution in [2.45, 2.75) is 26.2 Å². The van der Waals surface area contributed by atoms with Crippen LogP contribution >= 0.6 is 0 Å². The number of nitrogens with zero attached hydrogens (tertiary/aromatic N) is 2. The maximum absolute atomic E-state index is 11.1. The van der Waals surface area contributed by atoms with Gasteiger partial charge in [-0.25, -0.2) is 0 Å². The summed E-state index contributed by atoms with van der Waals surface area (Å²) in [6.45, 7) is 9.62. The SMILES string of the molecule is CCN1CCC2(CCN(CCc3ccc(C(N)=O)cc3)C2)C1. The first kappa shape index (κ1) is 15.5. The number of rotatable bonds is 5. The second-order valence-corrected chi connectivity index (χ2v) is 6.96. The van der Waals surface area contributed by atoms with Gasteiger partial charge in [-0.15, -0.1) is 0 Å². The van der Waals surface area contributed by atoms with Gasteiger partial charge in [0, 0.05) is 25.2 Å². The van der Waals surface area contributed by atoms with E-state index in [1.54, 1.807) is 0 Å². The highest BCUT2D eigenvalue weighted by atomic mass is 16.1. The standard InChI is InChI=1S/C18H27N3O/c1-2-20-11-8-18(13-20)9-12-21(14-18)10-7-15-3-5-16(6-4-15)17(19)22/h3-6H,2,7-14H2,1H3,(H2,19,22). The summed E-state index contributed by atoms with van der Waals surface area (Å²) >= 11 is 0. The van der Waals surface area contributed by atoms with Crippen molar-refractivity contribution in [3.05, 3.63) is 35.4 Å². The monoisotopic (exact) mass is 301 g/mol. The van der Waals surface area contributed by atoms with E-state index >= 15 is 0 Å². The van der Waals surface area contributed by atoms with E-state index in [-0.39, 0.29) is 5.91 Å². The fourth-order valence-electron chi connectivity index (χ4n) is 3.97. The highest BCUT2D eigenvalue weighted by molar-refractivity contribution is 5.92. The summed E-state index contributed by atoms with van der Waals surface area (Å²) in [5.74, 6) is -0.352. The largest absolute Gasteiger partial charge is 0.366 e. The van der Waals surface area contributed by atoms with Crippen LogP contribution in [0.5, 0.6) is 0 Å². The van der Waals surface area contributed by atoms with E-state index in [0.29, 0.717) is 11.0 Å². The van der Waals surface area contributed by atoms with E-state index in [4.69, 9.17) is 5.73 Å². The number of hydrogen-bond donors (Lipinski definition) is 1. The lowest BCUT2D eigenvalue weighted by atomic mass is 9.86. The maximum atomic E-state index is 11.1. The van der Waals surface area contributed by atoms with Crippen LogP contribution in [0.25, 0.3) is 0 Å². The molecule has 0 bridgehead atoms. The molecule has 4 heteroatoms. The molecule has 1 unspecified atom stereocenters. The van der Waals surface area contributed by atoms with E-state index in [2.05, 4.69) is 16.7 Å². The van der Waals surface area contributed by atoms with E-state index in [1.807, 2.05) is 24.3 Å². The molecule has 2 heterocycles. The molecule has 1 atom stereocenters. The first-order chi connectivity index (χ1) is 10.6. The average molecular weight is 301 g/mol. The molecule has 1 aromatic rings. The number of carbonyl (C=O) groups is 1. The molecule has 2 aliphatic rings. The van der Waals surface area contributed by atoms with Crippen molar-refractivity contribution in [1.29, 1.82) is 0 Å². The minimum Gasteiger partial charge on any atom is -0.366 e.